The summed E-state index contributed by atoms with van der Waals surface area (Å²) in [5, 5.41) is 5.25. The molecule has 0 bridgehead atoms. The van der Waals surface area contributed by atoms with Gasteiger partial charge in [0.25, 0.3) is 0 Å². The average molecular weight is 252 g/mol. The van der Waals surface area contributed by atoms with Crippen molar-refractivity contribution in [2.75, 3.05) is 27.8 Å². The Morgan fingerprint density at radius 2 is 2.00 bits per heavy atom. The zero-order valence-corrected chi connectivity index (χ0v) is 11.3. The monoisotopic (exact) mass is 252 g/mol. The molecule has 0 heterocycles. The zero-order valence-electron chi connectivity index (χ0n) is 11.3. The van der Waals surface area contributed by atoms with E-state index in [9.17, 15) is 4.79 Å². The van der Waals surface area contributed by atoms with Gasteiger partial charge in [-0.1, -0.05) is 6.07 Å². The Morgan fingerprint density at radius 1 is 1.28 bits per heavy atom. The summed E-state index contributed by atoms with van der Waals surface area (Å²) < 4.78 is 10.6. The second-order valence-electron chi connectivity index (χ2n) is 3.84. The average Bonchev–Trinajstić information content (AvgIpc) is 2.39. The van der Waals surface area contributed by atoms with Gasteiger partial charge in [-0.2, -0.15) is 0 Å². The van der Waals surface area contributed by atoms with Crippen LogP contribution in [0.25, 0.3) is 0 Å². The summed E-state index contributed by atoms with van der Waals surface area (Å²) in [6, 6.07) is 3.68. The molecule has 100 valence electrons. The van der Waals surface area contributed by atoms with Crippen molar-refractivity contribution < 1.29 is 14.3 Å². The number of rotatable bonds is 5. The number of amides is 2. The summed E-state index contributed by atoms with van der Waals surface area (Å²) >= 11 is 0. The quantitative estimate of drug-likeness (QED) is 0.834. The highest BCUT2D eigenvalue weighted by atomic mass is 16.5. The maximum absolute atomic E-state index is 11.1. The van der Waals surface area contributed by atoms with E-state index in [1.54, 1.807) is 21.3 Å². The molecule has 0 saturated carbocycles. The predicted octanol–water partition coefficient (Wildman–Crippen LogP) is 1.48. The Kier molecular flexibility index (Phi) is 5.30. The Balaban J connectivity index is 2.77. The first-order chi connectivity index (χ1) is 8.63. The molecule has 0 radical (unpaired) electrons. The van der Waals surface area contributed by atoms with E-state index in [4.69, 9.17) is 9.47 Å². The lowest BCUT2D eigenvalue weighted by molar-refractivity contribution is 0.243. The predicted molar refractivity (Wildman–Crippen MR) is 70.4 cm³/mol. The Hall–Kier alpha value is -1.91. The number of ether oxygens (including phenoxy) is 2. The van der Waals surface area contributed by atoms with Crippen LogP contribution in [0.15, 0.2) is 12.1 Å². The maximum atomic E-state index is 11.1. The molecule has 5 heteroatoms. The van der Waals surface area contributed by atoms with Crippen LogP contribution in [-0.2, 0) is 6.42 Å². The molecule has 0 unspecified atom stereocenters. The number of urea groups is 1. The van der Waals surface area contributed by atoms with Crippen LogP contribution in [0.2, 0.25) is 0 Å². The Morgan fingerprint density at radius 3 is 2.56 bits per heavy atom. The maximum Gasteiger partial charge on any atom is 0.314 e. The molecular weight excluding hydrogens is 232 g/mol. The molecule has 0 saturated heterocycles. The number of hydrogen-bond donors (Lipinski definition) is 2. The minimum absolute atomic E-state index is 0.181. The minimum Gasteiger partial charge on any atom is -0.496 e. The Bertz CT molecular complexity index is 419. The van der Waals surface area contributed by atoms with Crippen molar-refractivity contribution in [1.82, 2.24) is 10.6 Å². The molecule has 0 fully saturated rings. The SMILES string of the molecule is CNC(=O)NCCc1ccc(OC)c(C)c1OC. The molecule has 1 aromatic carbocycles. The molecule has 0 spiro atoms. The van der Waals surface area contributed by atoms with Gasteiger partial charge in [-0.15, -0.1) is 0 Å². The fraction of sp³-hybridized carbons (Fsp3) is 0.462. The third-order valence-corrected chi connectivity index (χ3v) is 2.77. The first-order valence-electron chi connectivity index (χ1n) is 5.80. The summed E-state index contributed by atoms with van der Waals surface area (Å²) in [6.07, 6.45) is 0.710. The van der Waals surface area contributed by atoms with Crippen LogP contribution in [0.4, 0.5) is 4.79 Å². The van der Waals surface area contributed by atoms with Gasteiger partial charge in [0.1, 0.15) is 11.5 Å². The summed E-state index contributed by atoms with van der Waals surface area (Å²) in [6.45, 7) is 2.51. The fourth-order valence-corrected chi connectivity index (χ4v) is 1.83. The molecule has 1 rings (SSSR count). The van der Waals surface area contributed by atoms with Crippen molar-refractivity contribution in [3.05, 3.63) is 23.3 Å². The highest BCUT2D eigenvalue weighted by molar-refractivity contribution is 5.73. The number of methoxy groups -OCH3 is 2. The van der Waals surface area contributed by atoms with Gasteiger partial charge < -0.3 is 20.1 Å². The van der Waals surface area contributed by atoms with Crippen LogP contribution in [0.3, 0.4) is 0 Å². The summed E-state index contributed by atoms with van der Waals surface area (Å²) in [4.78, 5) is 11.1. The summed E-state index contributed by atoms with van der Waals surface area (Å²) in [7, 11) is 4.86. The van der Waals surface area contributed by atoms with Crippen LogP contribution >= 0.6 is 0 Å². The molecule has 0 aliphatic heterocycles. The molecule has 0 atom stereocenters. The van der Waals surface area contributed by atoms with E-state index in [0.29, 0.717) is 13.0 Å². The van der Waals surface area contributed by atoms with Crippen LogP contribution < -0.4 is 20.1 Å². The second-order valence-corrected chi connectivity index (χ2v) is 3.84. The van der Waals surface area contributed by atoms with Crippen molar-refractivity contribution in [3.63, 3.8) is 0 Å². The largest absolute Gasteiger partial charge is 0.496 e. The lowest BCUT2D eigenvalue weighted by atomic mass is 10.1. The zero-order chi connectivity index (χ0) is 13.5. The molecule has 0 aromatic heterocycles. The van der Waals surface area contributed by atoms with E-state index in [2.05, 4.69) is 10.6 Å². The number of nitrogens with one attached hydrogen (secondary N) is 2. The number of benzene rings is 1. The van der Waals surface area contributed by atoms with E-state index < -0.39 is 0 Å². The minimum atomic E-state index is -0.181. The van der Waals surface area contributed by atoms with Crippen molar-refractivity contribution >= 4 is 6.03 Å². The highest BCUT2D eigenvalue weighted by Crippen LogP contribution is 2.31. The van der Waals surface area contributed by atoms with Crippen molar-refractivity contribution in [2.24, 2.45) is 0 Å². The van der Waals surface area contributed by atoms with E-state index in [0.717, 1.165) is 22.6 Å². The van der Waals surface area contributed by atoms with Gasteiger partial charge in [-0.05, 0) is 25.0 Å². The number of carbonyl (C=O) groups is 1. The lowest BCUT2D eigenvalue weighted by Crippen LogP contribution is -2.34. The molecule has 0 aliphatic carbocycles. The van der Waals surface area contributed by atoms with Crippen LogP contribution in [0, 0.1) is 6.92 Å². The van der Waals surface area contributed by atoms with Gasteiger partial charge in [-0.25, -0.2) is 4.79 Å². The molecule has 1 aromatic rings. The molecule has 0 aliphatic rings. The highest BCUT2D eigenvalue weighted by Gasteiger charge is 2.11. The van der Waals surface area contributed by atoms with Gasteiger partial charge in [0.2, 0.25) is 0 Å². The molecule has 18 heavy (non-hydrogen) atoms. The third-order valence-electron chi connectivity index (χ3n) is 2.77. The van der Waals surface area contributed by atoms with E-state index in [1.807, 2.05) is 19.1 Å². The number of hydrogen-bond acceptors (Lipinski definition) is 3. The summed E-state index contributed by atoms with van der Waals surface area (Å²) in [5.41, 5.74) is 2.02. The van der Waals surface area contributed by atoms with E-state index >= 15 is 0 Å². The molecule has 2 N–H and O–H groups in total. The molecule has 5 nitrogen and oxygen atoms in total. The standard InChI is InChI=1S/C13H20N2O3/c1-9-11(17-3)6-5-10(12(9)18-4)7-8-15-13(16)14-2/h5-6H,7-8H2,1-4H3,(H2,14,15,16). The topological polar surface area (TPSA) is 59.6 Å². The Labute approximate surface area is 107 Å². The summed E-state index contributed by atoms with van der Waals surface area (Å²) in [5.74, 6) is 1.61. The van der Waals surface area contributed by atoms with Crippen LogP contribution in [0.1, 0.15) is 11.1 Å². The van der Waals surface area contributed by atoms with Crippen LogP contribution in [0.5, 0.6) is 11.5 Å². The lowest BCUT2D eigenvalue weighted by Gasteiger charge is -2.14. The van der Waals surface area contributed by atoms with Gasteiger partial charge in [-0.3, -0.25) is 0 Å². The van der Waals surface area contributed by atoms with Gasteiger partial charge in [0.15, 0.2) is 0 Å². The third kappa shape index (κ3) is 3.29. The van der Waals surface area contributed by atoms with E-state index in [1.165, 1.54) is 0 Å². The van der Waals surface area contributed by atoms with Crippen molar-refractivity contribution in [2.45, 2.75) is 13.3 Å². The van der Waals surface area contributed by atoms with Crippen molar-refractivity contribution in [3.8, 4) is 11.5 Å². The normalized spacial score (nSPS) is 9.78. The fourth-order valence-electron chi connectivity index (χ4n) is 1.83. The van der Waals surface area contributed by atoms with Gasteiger partial charge in [0.05, 0.1) is 14.2 Å². The first kappa shape index (κ1) is 14.2. The second kappa shape index (κ2) is 6.74. The van der Waals surface area contributed by atoms with Crippen LogP contribution in [-0.4, -0.2) is 33.8 Å². The molecule has 2 amide bonds. The van der Waals surface area contributed by atoms with Crippen molar-refractivity contribution in [1.29, 1.82) is 0 Å². The first-order valence-corrected chi connectivity index (χ1v) is 5.80. The number of carbonyl (C=O) groups excluding carboxylic acids is 1. The smallest absolute Gasteiger partial charge is 0.314 e. The van der Waals surface area contributed by atoms with E-state index in [-0.39, 0.29) is 6.03 Å². The van der Waals surface area contributed by atoms with Gasteiger partial charge >= 0.3 is 6.03 Å². The van der Waals surface area contributed by atoms with Gasteiger partial charge in [0, 0.05) is 19.2 Å². The molecular formula is C13H20N2O3.